The molecule has 0 saturated carbocycles. The molecular formula is C9H12N4S. The number of thiophene rings is 1. The molecule has 0 aromatic carbocycles. The van der Waals surface area contributed by atoms with Crippen LogP contribution in [0.2, 0.25) is 0 Å². The van der Waals surface area contributed by atoms with E-state index in [0.29, 0.717) is 6.54 Å². The van der Waals surface area contributed by atoms with Crippen LogP contribution in [0.25, 0.3) is 10.2 Å². The molecule has 0 spiro atoms. The van der Waals surface area contributed by atoms with Gasteiger partial charge in [0.05, 0.1) is 11.7 Å². The Bertz CT molecular complexity index is 451. The normalized spacial score (nSPS) is 13.4. The number of rotatable bonds is 2. The summed E-state index contributed by atoms with van der Waals surface area (Å²) in [6.07, 6.45) is 1.54. The van der Waals surface area contributed by atoms with Crippen LogP contribution in [0.1, 0.15) is 17.3 Å². The van der Waals surface area contributed by atoms with Gasteiger partial charge < -0.3 is 11.5 Å². The zero-order valence-corrected chi connectivity index (χ0v) is 8.71. The van der Waals surface area contributed by atoms with Gasteiger partial charge in [0.25, 0.3) is 0 Å². The molecule has 14 heavy (non-hydrogen) atoms. The first-order valence-electron chi connectivity index (χ1n) is 4.38. The molecular weight excluding hydrogens is 196 g/mol. The van der Waals surface area contributed by atoms with E-state index in [0.717, 1.165) is 15.9 Å². The second kappa shape index (κ2) is 3.61. The van der Waals surface area contributed by atoms with E-state index in [1.165, 1.54) is 5.56 Å². The third-order valence-electron chi connectivity index (χ3n) is 2.19. The molecule has 0 saturated heterocycles. The second-order valence-electron chi connectivity index (χ2n) is 3.20. The van der Waals surface area contributed by atoms with Gasteiger partial charge in [0, 0.05) is 11.9 Å². The molecule has 0 aliphatic carbocycles. The number of aryl methyl sites for hydroxylation is 1. The van der Waals surface area contributed by atoms with E-state index in [2.05, 4.69) is 15.3 Å². The predicted molar refractivity (Wildman–Crippen MR) is 58.1 cm³/mol. The summed E-state index contributed by atoms with van der Waals surface area (Å²) in [7, 11) is 0. The van der Waals surface area contributed by atoms with Crippen LogP contribution in [-0.2, 0) is 0 Å². The first-order valence-corrected chi connectivity index (χ1v) is 5.26. The zero-order chi connectivity index (χ0) is 10.1. The van der Waals surface area contributed by atoms with Crippen molar-refractivity contribution in [3.63, 3.8) is 0 Å². The van der Waals surface area contributed by atoms with Crippen LogP contribution in [0.15, 0.2) is 11.7 Å². The maximum absolute atomic E-state index is 5.88. The highest BCUT2D eigenvalue weighted by Crippen LogP contribution is 2.27. The highest BCUT2D eigenvalue weighted by atomic mass is 32.1. The van der Waals surface area contributed by atoms with Gasteiger partial charge in [-0.25, -0.2) is 9.97 Å². The van der Waals surface area contributed by atoms with Gasteiger partial charge in [-0.15, -0.1) is 11.3 Å². The van der Waals surface area contributed by atoms with Crippen LogP contribution >= 0.6 is 11.3 Å². The minimum Gasteiger partial charge on any atom is -0.329 e. The fraction of sp³-hybridized carbons (Fsp3) is 0.333. The number of fused-ring (bicyclic) bond motifs is 1. The Morgan fingerprint density at radius 2 is 2.29 bits per heavy atom. The van der Waals surface area contributed by atoms with Crippen molar-refractivity contribution in [1.29, 1.82) is 0 Å². The Hall–Kier alpha value is -1.04. The smallest absolute Gasteiger partial charge is 0.127 e. The van der Waals surface area contributed by atoms with Crippen LogP contribution in [0.4, 0.5) is 0 Å². The minimum absolute atomic E-state index is 0.200. The van der Waals surface area contributed by atoms with E-state index in [9.17, 15) is 0 Å². The Labute approximate surface area is 86.0 Å². The molecule has 2 rings (SSSR count). The van der Waals surface area contributed by atoms with Gasteiger partial charge in [0.1, 0.15) is 11.2 Å². The van der Waals surface area contributed by atoms with Crippen LogP contribution in [0.5, 0.6) is 0 Å². The van der Waals surface area contributed by atoms with Crippen molar-refractivity contribution < 1.29 is 0 Å². The molecule has 2 aromatic rings. The van der Waals surface area contributed by atoms with Crippen LogP contribution in [0.3, 0.4) is 0 Å². The lowest BCUT2D eigenvalue weighted by molar-refractivity contribution is 0.716. The summed E-state index contributed by atoms with van der Waals surface area (Å²) >= 11 is 1.61. The fourth-order valence-electron chi connectivity index (χ4n) is 1.44. The van der Waals surface area contributed by atoms with Crippen molar-refractivity contribution in [3.05, 3.63) is 23.0 Å². The number of hydrogen-bond donors (Lipinski definition) is 2. The minimum atomic E-state index is -0.200. The highest BCUT2D eigenvalue weighted by molar-refractivity contribution is 7.16. The number of nitrogens with two attached hydrogens (primary N) is 2. The Morgan fingerprint density at radius 1 is 1.50 bits per heavy atom. The molecule has 2 heterocycles. The average molecular weight is 208 g/mol. The molecule has 74 valence electrons. The fourth-order valence-corrected chi connectivity index (χ4v) is 2.34. The summed E-state index contributed by atoms with van der Waals surface area (Å²) in [6.45, 7) is 2.44. The summed E-state index contributed by atoms with van der Waals surface area (Å²) in [6, 6.07) is -0.200. The Balaban J connectivity index is 2.69. The van der Waals surface area contributed by atoms with Crippen molar-refractivity contribution in [2.45, 2.75) is 13.0 Å². The van der Waals surface area contributed by atoms with Gasteiger partial charge in [-0.1, -0.05) is 0 Å². The monoisotopic (exact) mass is 208 g/mol. The standard InChI is InChI=1S/C9H12N4S/c1-5-3-14-9-7(5)8(6(11)2-10)12-4-13-9/h3-4,6H,2,10-11H2,1H3. The van der Waals surface area contributed by atoms with Gasteiger partial charge in [-0.3, -0.25) is 0 Å². The SMILES string of the molecule is Cc1csc2ncnc(C(N)CN)c12. The van der Waals surface area contributed by atoms with Gasteiger partial charge in [-0.2, -0.15) is 0 Å². The third kappa shape index (κ3) is 1.39. The van der Waals surface area contributed by atoms with E-state index < -0.39 is 0 Å². The average Bonchev–Trinajstić information content (AvgIpc) is 2.59. The maximum Gasteiger partial charge on any atom is 0.127 e. The summed E-state index contributed by atoms with van der Waals surface area (Å²) < 4.78 is 0. The number of nitrogens with zero attached hydrogens (tertiary/aromatic N) is 2. The molecule has 0 amide bonds. The molecule has 0 bridgehead atoms. The van der Waals surface area contributed by atoms with E-state index >= 15 is 0 Å². The quantitative estimate of drug-likeness (QED) is 0.770. The second-order valence-corrected chi connectivity index (χ2v) is 4.06. The lowest BCUT2D eigenvalue weighted by Gasteiger charge is -2.09. The first kappa shape index (κ1) is 9.51. The number of aromatic nitrogens is 2. The van der Waals surface area contributed by atoms with E-state index in [4.69, 9.17) is 11.5 Å². The summed E-state index contributed by atoms with van der Waals surface area (Å²) in [5.74, 6) is 0. The van der Waals surface area contributed by atoms with Crippen LogP contribution in [0, 0.1) is 6.92 Å². The maximum atomic E-state index is 5.88. The summed E-state index contributed by atoms with van der Waals surface area (Å²) in [5, 5.41) is 3.13. The van der Waals surface area contributed by atoms with Gasteiger partial charge in [-0.05, 0) is 17.9 Å². The molecule has 0 aliphatic heterocycles. The molecule has 4 N–H and O–H groups in total. The van der Waals surface area contributed by atoms with Crippen LogP contribution in [-0.4, -0.2) is 16.5 Å². The third-order valence-corrected chi connectivity index (χ3v) is 3.19. The Morgan fingerprint density at radius 3 is 3.00 bits per heavy atom. The molecule has 1 atom stereocenters. The van der Waals surface area contributed by atoms with Crippen LogP contribution < -0.4 is 11.5 Å². The predicted octanol–water partition coefficient (Wildman–Crippen LogP) is 0.958. The van der Waals surface area contributed by atoms with Gasteiger partial charge in [0.15, 0.2) is 0 Å². The van der Waals surface area contributed by atoms with E-state index in [1.807, 2.05) is 6.92 Å². The molecule has 0 radical (unpaired) electrons. The molecule has 5 heteroatoms. The lowest BCUT2D eigenvalue weighted by atomic mass is 10.1. The van der Waals surface area contributed by atoms with Gasteiger partial charge >= 0.3 is 0 Å². The Kier molecular flexibility index (Phi) is 2.45. The molecule has 2 aromatic heterocycles. The zero-order valence-electron chi connectivity index (χ0n) is 7.90. The molecule has 4 nitrogen and oxygen atoms in total. The lowest BCUT2D eigenvalue weighted by Crippen LogP contribution is -2.22. The molecule has 0 fully saturated rings. The van der Waals surface area contributed by atoms with Crippen molar-refractivity contribution in [2.75, 3.05) is 6.54 Å². The first-order chi connectivity index (χ1) is 6.74. The van der Waals surface area contributed by atoms with Crippen molar-refractivity contribution in [1.82, 2.24) is 9.97 Å². The summed E-state index contributed by atoms with van der Waals surface area (Å²) in [4.78, 5) is 9.37. The highest BCUT2D eigenvalue weighted by Gasteiger charge is 2.13. The van der Waals surface area contributed by atoms with E-state index in [1.54, 1.807) is 17.7 Å². The van der Waals surface area contributed by atoms with Crippen molar-refractivity contribution in [3.8, 4) is 0 Å². The largest absolute Gasteiger partial charge is 0.329 e. The number of hydrogen-bond acceptors (Lipinski definition) is 5. The van der Waals surface area contributed by atoms with Crippen molar-refractivity contribution in [2.24, 2.45) is 11.5 Å². The summed E-state index contributed by atoms with van der Waals surface area (Å²) in [5.41, 5.74) is 13.4. The topological polar surface area (TPSA) is 77.8 Å². The van der Waals surface area contributed by atoms with E-state index in [-0.39, 0.29) is 6.04 Å². The molecule has 1 unspecified atom stereocenters. The van der Waals surface area contributed by atoms with Crippen molar-refractivity contribution >= 4 is 21.6 Å². The molecule has 0 aliphatic rings. The van der Waals surface area contributed by atoms with Gasteiger partial charge in [0.2, 0.25) is 0 Å².